The summed E-state index contributed by atoms with van der Waals surface area (Å²) in [6.45, 7) is 27.6. The predicted octanol–water partition coefficient (Wildman–Crippen LogP) is 8.32. The average molecular weight is 763 g/mol. The minimum atomic E-state index is 0.569. The van der Waals surface area contributed by atoms with Crippen LogP contribution in [-0.2, 0) is 13.9 Å². The van der Waals surface area contributed by atoms with Gasteiger partial charge in [-0.3, -0.25) is 0 Å². The van der Waals surface area contributed by atoms with Gasteiger partial charge in [0.05, 0.1) is 12.7 Å². The van der Waals surface area contributed by atoms with E-state index in [4.69, 9.17) is 0 Å². The number of hydrogen-bond acceptors (Lipinski definition) is 6. The molecule has 0 unspecified atom stereocenters. The van der Waals surface area contributed by atoms with Crippen LogP contribution >= 0.6 is 26.9 Å². The molecule has 4 aliphatic rings. The molecular formula is C30H52Br2N6Pd-2. The summed E-state index contributed by atoms with van der Waals surface area (Å²) in [5.41, 5.74) is 0. The van der Waals surface area contributed by atoms with E-state index in [2.05, 4.69) is 125 Å². The fourth-order valence-corrected chi connectivity index (χ4v) is 6.42. The standard InChI is InChI=1S/2C15H26N3.2BrH.Pd/c2*1-5-8-17-10-16-18(11-17)15-9-13(4)6-7-14(15)12(2)3;;;/h2*5,10-15H,1,6-9H2,2-4H3;2*1H;/q2*-1;;;+2/p-2/t2*13-,14+,15+;;;/m11.../s1. The summed E-state index contributed by atoms with van der Waals surface area (Å²) in [5.74, 6) is 4.64. The van der Waals surface area contributed by atoms with Gasteiger partial charge in [-0.15, -0.1) is 26.5 Å². The first-order valence-corrected chi connectivity index (χ1v) is 21.7. The third kappa shape index (κ3) is 11.1. The second-order valence-corrected chi connectivity index (χ2v) is 19.4. The zero-order valence-electron chi connectivity index (χ0n) is 24.9. The van der Waals surface area contributed by atoms with Crippen molar-refractivity contribution in [2.75, 3.05) is 13.1 Å². The molecule has 0 N–H and O–H groups in total. The summed E-state index contributed by atoms with van der Waals surface area (Å²) in [6.07, 6.45) is 15.6. The first-order valence-electron chi connectivity index (χ1n) is 14.5. The van der Waals surface area contributed by atoms with Gasteiger partial charge in [-0.05, 0) is 61.2 Å². The second kappa shape index (κ2) is 18.2. The van der Waals surface area contributed by atoms with Crippen molar-refractivity contribution in [2.24, 2.45) is 45.7 Å². The summed E-state index contributed by atoms with van der Waals surface area (Å²) in [6, 6.07) is 1.14. The van der Waals surface area contributed by atoms with Crippen molar-refractivity contribution in [3.05, 3.63) is 38.6 Å². The molecule has 0 aromatic heterocycles. The van der Waals surface area contributed by atoms with Gasteiger partial charge in [0.1, 0.15) is 0 Å². The second-order valence-electron chi connectivity index (χ2n) is 12.3. The number of rotatable bonds is 8. The molecule has 0 saturated heterocycles. The van der Waals surface area contributed by atoms with Crippen molar-refractivity contribution in [3.8, 4) is 0 Å². The van der Waals surface area contributed by atoms with Crippen LogP contribution in [0.2, 0.25) is 0 Å². The van der Waals surface area contributed by atoms with Crippen molar-refractivity contribution in [1.29, 1.82) is 0 Å². The number of halogens is 2. The van der Waals surface area contributed by atoms with Crippen LogP contribution < -0.4 is 0 Å². The van der Waals surface area contributed by atoms with E-state index >= 15 is 0 Å². The molecule has 4 rings (SSSR count). The van der Waals surface area contributed by atoms with Crippen LogP contribution in [0.5, 0.6) is 0 Å². The first kappa shape index (κ1) is 34.8. The van der Waals surface area contributed by atoms with Crippen LogP contribution in [0.1, 0.15) is 80.1 Å². The van der Waals surface area contributed by atoms with E-state index < -0.39 is 0 Å². The Balaban J connectivity index is 0.000000249. The van der Waals surface area contributed by atoms with Gasteiger partial charge in [0.15, 0.2) is 0 Å². The molecule has 2 aliphatic carbocycles. The summed E-state index contributed by atoms with van der Waals surface area (Å²) in [5, 5.41) is 13.5. The normalized spacial score (nSPS) is 30.4. The molecule has 0 aromatic carbocycles. The topological polar surface area (TPSA) is 37.7 Å². The summed E-state index contributed by atoms with van der Waals surface area (Å²) >= 11 is 6.80. The zero-order valence-corrected chi connectivity index (χ0v) is 29.6. The fourth-order valence-electron chi connectivity index (χ4n) is 6.42. The van der Waals surface area contributed by atoms with Crippen molar-refractivity contribution in [1.82, 2.24) is 19.8 Å². The van der Waals surface area contributed by atoms with Crippen LogP contribution in [0.3, 0.4) is 0 Å². The van der Waals surface area contributed by atoms with Crippen LogP contribution in [0.4, 0.5) is 0 Å². The van der Waals surface area contributed by atoms with E-state index in [-0.39, 0.29) is 0 Å². The molecular weight excluding hydrogens is 711 g/mol. The first-order chi connectivity index (χ1) is 18.6. The summed E-state index contributed by atoms with van der Waals surface area (Å²) < 4.78 is 0. The summed E-state index contributed by atoms with van der Waals surface area (Å²) in [7, 11) is 0. The van der Waals surface area contributed by atoms with E-state index in [0.29, 0.717) is 26.0 Å². The van der Waals surface area contributed by atoms with E-state index in [0.717, 1.165) is 48.6 Å². The van der Waals surface area contributed by atoms with Crippen LogP contribution in [-0.4, -0.2) is 57.7 Å². The molecule has 0 bridgehead atoms. The van der Waals surface area contributed by atoms with Gasteiger partial charge in [-0.1, -0.05) is 66.5 Å². The van der Waals surface area contributed by atoms with Crippen LogP contribution in [0, 0.1) is 48.8 Å². The Morgan fingerprint density at radius 3 is 1.46 bits per heavy atom. The van der Waals surface area contributed by atoms with Crippen LogP contribution in [0.25, 0.3) is 0 Å². The Labute approximate surface area is 261 Å². The summed E-state index contributed by atoms with van der Waals surface area (Å²) in [4.78, 5) is 4.20. The monoisotopic (exact) mass is 760 g/mol. The Bertz CT molecular complexity index is 717. The Kier molecular flexibility index (Phi) is 16.3. The molecule has 0 aromatic rings. The van der Waals surface area contributed by atoms with E-state index in [1.165, 1.54) is 38.5 Å². The van der Waals surface area contributed by atoms with E-state index in [1.54, 1.807) is 0 Å². The maximum atomic E-state index is 4.56. The quantitative estimate of drug-likeness (QED) is 0.142. The Morgan fingerprint density at radius 1 is 0.795 bits per heavy atom. The van der Waals surface area contributed by atoms with E-state index in [9.17, 15) is 0 Å². The van der Waals surface area contributed by atoms with Crippen LogP contribution in [0.15, 0.2) is 35.5 Å². The molecule has 228 valence electrons. The maximum absolute atomic E-state index is 4.56. The minimum absolute atomic E-state index is 0.569. The predicted molar refractivity (Wildman–Crippen MR) is 171 cm³/mol. The Morgan fingerprint density at radius 2 is 1.15 bits per heavy atom. The SMILES string of the molecule is C=CCN1C=NN([C@H]2C[C@H](C)CC[C@H]2C(C)C)[CH-]1.C=CCN1C=NN([C@H]2C[C@H](C)CC[C@H]2C(C)C)[CH-]1.[Br][Pd][Br]. The van der Waals surface area contributed by atoms with E-state index in [1.807, 2.05) is 24.8 Å². The van der Waals surface area contributed by atoms with Gasteiger partial charge in [0.2, 0.25) is 0 Å². The van der Waals surface area contributed by atoms with Crippen molar-refractivity contribution >= 4 is 39.5 Å². The molecule has 0 spiro atoms. The molecule has 2 heterocycles. The van der Waals surface area contributed by atoms with Gasteiger partial charge in [0.25, 0.3) is 0 Å². The van der Waals surface area contributed by atoms with Crippen molar-refractivity contribution < 1.29 is 13.9 Å². The molecule has 9 heteroatoms. The van der Waals surface area contributed by atoms with Crippen molar-refractivity contribution in [3.63, 3.8) is 0 Å². The van der Waals surface area contributed by atoms with Gasteiger partial charge in [0, 0.05) is 25.2 Å². The molecule has 2 saturated carbocycles. The average Bonchev–Trinajstić information content (AvgIpc) is 3.55. The number of hydrogen-bond donors (Lipinski definition) is 0. The number of hydrazone groups is 2. The molecule has 2 fully saturated rings. The number of nitrogens with zero attached hydrogens (tertiary/aromatic N) is 6. The van der Waals surface area contributed by atoms with Gasteiger partial charge in [-0.25, -0.2) is 10.2 Å². The third-order valence-electron chi connectivity index (χ3n) is 8.53. The third-order valence-corrected chi connectivity index (χ3v) is 8.53. The van der Waals surface area contributed by atoms with Gasteiger partial charge < -0.3 is 19.8 Å². The Hall–Kier alpha value is -0.358. The molecule has 39 heavy (non-hydrogen) atoms. The van der Waals surface area contributed by atoms with Gasteiger partial charge >= 0.3 is 40.8 Å². The molecule has 0 amide bonds. The molecule has 6 nitrogen and oxygen atoms in total. The fraction of sp³-hybridized carbons (Fsp3) is 0.733. The molecule has 2 aliphatic heterocycles. The zero-order chi connectivity index (χ0) is 28.9. The molecule has 0 radical (unpaired) electrons. The van der Waals surface area contributed by atoms with Crippen molar-refractivity contribution in [2.45, 2.75) is 92.2 Å². The molecule has 6 atom stereocenters. The van der Waals surface area contributed by atoms with Gasteiger partial charge in [-0.2, -0.15) is 0 Å².